The molecule has 0 spiro atoms. The van der Waals surface area contributed by atoms with E-state index in [2.05, 4.69) is 6.07 Å². The van der Waals surface area contributed by atoms with Crippen LogP contribution in [0.1, 0.15) is 37.4 Å². The molecular weight excluding hydrogens is 246 g/mol. The minimum absolute atomic E-state index is 0.0434. The first kappa shape index (κ1) is 15.3. The first-order valence-electron chi connectivity index (χ1n) is 6.38. The summed E-state index contributed by atoms with van der Waals surface area (Å²) >= 11 is 1.81. The Labute approximate surface area is 114 Å². The van der Waals surface area contributed by atoms with Gasteiger partial charge in [-0.1, -0.05) is 6.07 Å². The predicted molar refractivity (Wildman–Crippen MR) is 78.1 cm³/mol. The van der Waals surface area contributed by atoms with Crippen LogP contribution in [-0.4, -0.2) is 24.1 Å². The van der Waals surface area contributed by atoms with E-state index in [1.165, 1.54) is 5.56 Å². The van der Waals surface area contributed by atoms with E-state index in [9.17, 15) is 0 Å². The fourth-order valence-electron chi connectivity index (χ4n) is 1.64. The molecule has 1 atom stereocenters. The molecule has 0 heterocycles. The molecule has 0 aliphatic rings. The quantitative estimate of drug-likeness (QED) is 0.713. The fourth-order valence-corrected chi connectivity index (χ4v) is 2.56. The second-order valence-electron chi connectivity index (χ2n) is 4.22. The first-order valence-corrected chi connectivity index (χ1v) is 7.54. The minimum Gasteiger partial charge on any atom is -0.494 e. The van der Waals surface area contributed by atoms with Crippen molar-refractivity contribution in [2.45, 2.75) is 32.1 Å². The highest BCUT2D eigenvalue weighted by atomic mass is 32.2. The van der Waals surface area contributed by atoms with Gasteiger partial charge in [-0.3, -0.25) is 0 Å². The van der Waals surface area contributed by atoms with Gasteiger partial charge in [0, 0.05) is 24.0 Å². The standard InChI is InChI=1S/C14H23NO2S/c1-3-17-14-6-5-12(11(2)15)9-13(14)10-18-8-4-7-16/h5-6,9,11,16H,3-4,7-8,10,15H2,1-2H3. The van der Waals surface area contributed by atoms with E-state index in [-0.39, 0.29) is 12.6 Å². The van der Waals surface area contributed by atoms with Gasteiger partial charge in [0.1, 0.15) is 5.75 Å². The summed E-state index contributed by atoms with van der Waals surface area (Å²) in [7, 11) is 0. The van der Waals surface area contributed by atoms with Crippen LogP contribution >= 0.6 is 11.8 Å². The fraction of sp³-hybridized carbons (Fsp3) is 0.571. The van der Waals surface area contributed by atoms with Gasteiger partial charge in [0.2, 0.25) is 0 Å². The first-order chi connectivity index (χ1) is 8.69. The van der Waals surface area contributed by atoms with E-state index in [0.717, 1.165) is 29.2 Å². The molecule has 1 aromatic rings. The van der Waals surface area contributed by atoms with Crippen molar-refractivity contribution in [2.75, 3.05) is 19.0 Å². The van der Waals surface area contributed by atoms with Gasteiger partial charge in [0.15, 0.2) is 0 Å². The predicted octanol–water partition coefficient (Wildman–Crippen LogP) is 2.72. The summed E-state index contributed by atoms with van der Waals surface area (Å²) in [5.74, 6) is 2.80. The number of hydrogen-bond donors (Lipinski definition) is 2. The lowest BCUT2D eigenvalue weighted by Crippen LogP contribution is -2.06. The van der Waals surface area contributed by atoms with Crippen LogP contribution in [0.25, 0.3) is 0 Å². The van der Waals surface area contributed by atoms with Crippen molar-refractivity contribution in [2.24, 2.45) is 5.73 Å². The Balaban J connectivity index is 2.72. The van der Waals surface area contributed by atoms with Gasteiger partial charge in [-0.15, -0.1) is 0 Å². The van der Waals surface area contributed by atoms with Gasteiger partial charge in [0.05, 0.1) is 6.61 Å². The zero-order chi connectivity index (χ0) is 13.4. The maximum atomic E-state index is 8.76. The maximum absolute atomic E-state index is 8.76. The summed E-state index contributed by atoms with van der Waals surface area (Å²) in [5.41, 5.74) is 8.23. The van der Waals surface area contributed by atoms with E-state index in [1.807, 2.05) is 37.7 Å². The summed E-state index contributed by atoms with van der Waals surface area (Å²) in [6, 6.07) is 6.20. The number of hydrogen-bond acceptors (Lipinski definition) is 4. The molecule has 0 aromatic heterocycles. The number of aliphatic hydroxyl groups is 1. The van der Waals surface area contributed by atoms with Gasteiger partial charge in [-0.05, 0) is 43.7 Å². The lowest BCUT2D eigenvalue weighted by Gasteiger charge is -2.13. The molecule has 0 saturated carbocycles. The van der Waals surface area contributed by atoms with Crippen molar-refractivity contribution in [3.05, 3.63) is 29.3 Å². The van der Waals surface area contributed by atoms with E-state index in [1.54, 1.807) is 0 Å². The van der Waals surface area contributed by atoms with E-state index >= 15 is 0 Å². The van der Waals surface area contributed by atoms with Gasteiger partial charge in [0.25, 0.3) is 0 Å². The van der Waals surface area contributed by atoms with Crippen molar-refractivity contribution in [3.8, 4) is 5.75 Å². The number of ether oxygens (including phenoxy) is 1. The highest BCUT2D eigenvalue weighted by Crippen LogP contribution is 2.26. The van der Waals surface area contributed by atoms with Crippen molar-refractivity contribution < 1.29 is 9.84 Å². The SMILES string of the molecule is CCOc1ccc(C(C)N)cc1CSCCCO. The van der Waals surface area contributed by atoms with Crippen molar-refractivity contribution in [1.29, 1.82) is 0 Å². The third-order valence-electron chi connectivity index (χ3n) is 2.61. The molecule has 0 saturated heterocycles. The topological polar surface area (TPSA) is 55.5 Å². The lowest BCUT2D eigenvalue weighted by atomic mass is 10.1. The molecule has 4 heteroatoms. The average molecular weight is 269 g/mol. The van der Waals surface area contributed by atoms with Crippen LogP contribution in [0.15, 0.2) is 18.2 Å². The van der Waals surface area contributed by atoms with E-state index in [4.69, 9.17) is 15.6 Å². The molecule has 0 aliphatic heterocycles. The maximum Gasteiger partial charge on any atom is 0.123 e. The van der Waals surface area contributed by atoms with Crippen LogP contribution in [0.3, 0.4) is 0 Å². The van der Waals surface area contributed by atoms with Gasteiger partial charge >= 0.3 is 0 Å². The molecule has 1 unspecified atom stereocenters. The second-order valence-corrected chi connectivity index (χ2v) is 5.32. The van der Waals surface area contributed by atoms with E-state index in [0.29, 0.717) is 6.61 Å². The molecule has 0 bridgehead atoms. The van der Waals surface area contributed by atoms with Gasteiger partial charge in [-0.25, -0.2) is 0 Å². The molecule has 0 aliphatic carbocycles. The summed E-state index contributed by atoms with van der Waals surface area (Å²) in [6.45, 7) is 4.90. The summed E-state index contributed by atoms with van der Waals surface area (Å²) in [6.07, 6.45) is 0.835. The Kier molecular flexibility index (Phi) is 7.16. The minimum atomic E-state index is 0.0434. The molecule has 1 rings (SSSR count). The molecule has 0 fully saturated rings. The third kappa shape index (κ3) is 4.88. The molecule has 3 nitrogen and oxygen atoms in total. The van der Waals surface area contributed by atoms with Crippen molar-refractivity contribution in [3.63, 3.8) is 0 Å². The zero-order valence-corrected chi connectivity index (χ0v) is 12.0. The number of thioether (sulfide) groups is 1. The Hall–Kier alpha value is -0.710. The van der Waals surface area contributed by atoms with Gasteiger partial charge < -0.3 is 15.6 Å². The highest BCUT2D eigenvalue weighted by molar-refractivity contribution is 7.98. The Morgan fingerprint density at radius 3 is 2.83 bits per heavy atom. The molecule has 102 valence electrons. The number of nitrogens with two attached hydrogens (primary N) is 1. The number of rotatable bonds is 8. The summed E-state index contributed by atoms with van der Waals surface area (Å²) < 4.78 is 5.63. The lowest BCUT2D eigenvalue weighted by molar-refractivity contribution is 0.296. The van der Waals surface area contributed by atoms with Crippen molar-refractivity contribution in [1.82, 2.24) is 0 Å². The molecule has 1 aromatic carbocycles. The monoisotopic (exact) mass is 269 g/mol. The van der Waals surface area contributed by atoms with Crippen molar-refractivity contribution >= 4 is 11.8 Å². The summed E-state index contributed by atoms with van der Waals surface area (Å²) in [5, 5.41) is 8.76. The van der Waals surface area contributed by atoms with E-state index < -0.39 is 0 Å². The van der Waals surface area contributed by atoms with Crippen LogP contribution in [0.4, 0.5) is 0 Å². The van der Waals surface area contributed by atoms with Gasteiger partial charge in [-0.2, -0.15) is 11.8 Å². The average Bonchev–Trinajstić information content (AvgIpc) is 2.36. The Morgan fingerprint density at radius 1 is 1.44 bits per heavy atom. The number of benzene rings is 1. The number of aliphatic hydroxyl groups excluding tert-OH is 1. The smallest absolute Gasteiger partial charge is 0.123 e. The highest BCUT2D eigenvalue weighted by Gasteiger charge is 2.07. The van der Waals surface area contributed by atoms with Crippen LogP contribution < -0.4 is 10.5 Å². The van der Waals surface area contributed by atoms with Crippen LogP contribution in [0.5, 0.6) is 5.75 Å². The normalized spacial score (nSPS) is 12.4. The molecule has 0 amide bonds. The third-order valence-corrected chi connectivity index (χ3v) is 3.71. The van der Waals surface area contributed by atoms with Crippen LogP contribution in [-0.2, 0) is 5.75 Å². The Morgan fingerprint density at radius 2 is 2.22 bits per heavy atom. The largest absolute Gasteiger partial charge is 0.494 e. The zero-order valence-electron chi connectivity index (χ0n) is 11.2. The molecule has 0 radical (unpaired) electrons. The van der Waals surface area contributed by atoms with Crippen LogP contribution in [0.2, 0.25) is 0 Å². The molecule has 3 N–H and O–H groups in total. The summed E-state index contributed by atoms with van der Waals surface area (Å²) in [4.78, 5) is 0. The second kappa shape index (κ2) is 8.40. The Bertz CT molecular complexity index is 356. The van der Waals surface area contributed by atoms with Crippen LogP contribution in [0, 0.1) is 0 Å². The molecule has 18 heavy (non-hydrogen) atoms. The molecular formula is C14H23NO2S.